The number of benzene rings is 1. The first-order chi connectivity index (χ1) is 9.41. The SMILES string of the molecule is N#Cc1cc(NC2CCCCC2N)ccc1C(F)(F)F. The zero-order valence-electron chi connectivity index (χ0n) is 10.9. The van der Waals surface area contributed by atoms with Crippen molar-refractivity contribution in [1.29, 1.82) is 5.26 Å². The highest BCUT2D eigenvalue weighted by Crippen LogP contribution is 2.33. The first kappa shape index (κ1) is 14.7. The zero-order valence-corrected chi connectivity index (χ0v) is 10.9. The van der Waals surface area contributed by atoms with Crippen molar-refractivity contribution in [1.82, 2.24) is 0 Å². The standard InChI is InChI=1S/C14H16F3N3/c15-14(16,17)11-6-5-10(7-9(11)8-18)20-13-4-2-1-3-12(13)19/h5-7,12-13,20H,1-4,19H2. The molecule has 0 saturated heterocycles. The van der Waals surface area contributed by atoms with Crippen molar-refractivity contribution in [3.8, 4) is 6.07 Å². The number of anilines is 1. The Bertz CT molecular complexity index is 519. The van der Waals surface area contributed by atoms with Crippen LogP contribution in [0.1, 0.15) is 36.8 Å². The Hall–Kier alpha value is -1.74. The van der Waals surface area contributed by atoms with Gasteiger partial charge in [0.15, 0.2) is 0 Å². The van der Waals surface area contributed by atoms with Crippen molar-refractivity contribution in [3.05, 3.63) is 29.3 Å². The van der Waals surface area contributed by atoms with Crippen LogP contribution in [0.5, 0.6) is 0 Å². The second-order valence-corrected chi connectivity index (χ2v) is 5.07. The number of rotatable bonds is 2. The van der Waals surface area contributed by atoms with Gasteiger partial charge in [0.25, 0.3) is 0 Å². The number of nitrogens with one attached hydrogen (secondary N) is 1. The van der Waals surface area contributed by atoms with Crippen molar-refractivity contribution >= 4 is 5.69 Å². The lowest BCUT2D eigenvalue weighted by atomic mass is 9.91. The summed E-state index contributed by atoms with van der Waals surface area (Å²) >= 11 is 0. The highest BCUT2D eigenvalue weighted by Gasteiger charge is 2.33. The number of hydrogen-bond acceptors (Lipinski definition) is 3. The summed E-state index contributed by atoms with van der Waals surface area (Å²) < 4.78 is 38.1. The maximum absolute atomic E-state index is 12.7. The summed E-state index contributed by atoms with van der Waals surface area (Å²) in [6.45, 7) is 0. The van der Waals surface area contributed by atoms with Crippen molar-refractivity contribution in [3.63, 3.8) is 0 Å². The van der Waals surface area contributed by atoms with Crippen LogP contribution in [0.2, 0.25) is 0 Å². The summed E-state index contributed by atoms with van der Waals surface area (Å²) in [4.78, 5) is 0. The maximum atomic E-state index is 12.7. The molecule has 20 heavy (non-hydrogen) atoms. The molecular weight excluding hydrogens is 267 g/mol. The molecule has 3 nitrogen and oxygen atoms in total. The molecule has 0 spiro atoms. The molecule has 1 aliphatic rings. The lowest BCUT2D eigenvalue weighted by molar-refractivity contribution is -0.137. The van der Waals surface area contributed by atoms with Gasteiger partial charge in [-0.1, -0.05) is 12.8 Å². The third kappa shape index (κ3) is 3.23. The van der Waals surface area contributed by atoms with Gasteiger partial charge in [0, 0.05) is 17.8 Å². The fourth-order valence-corrected chi connectivity index (χ4v) is 2.53. The molecule has 1 aromatic carbocycles. The molecule has 1 aliphatic carbocycles. The number of nitrogens with zero attached hydrogens (tertiary/aromatic N) is 1. The van der Waals surface area contributed by atoms with Gasteiger partial charge < -0.3 is 11.1 Å². The van der Waals surface area contributed by atoms with E-state index >= 15 is 0 Å². The Morgan fingerprint density at radius 3 is 2.55 bits per heavy atom. The van der Waals surface area contributed by atoms with Crippen LogP contribution in [0.15, 0.2) is 18.2 Å². The molecule has 2 rings (SSSR count). The Balaban J connectivity index is 2.20. The van der Waals surface area contributed by atoms with Gasteiger partial charge in [0.1, 0.15) is 0 Å². The minimum absolute atomic E-state index is 0.00317. The molecule has 0 heterocycles. The molecule has 2 atom stereocenters. The largest absolute Gasteiger partial charge is 0.417 e. The van der Waals surface area contributed by atoms with Gasteiger partial charge in [-0.2, -0.15) is 18.4 Å². The van der Waals surface area contributed by atoms with Crippen LogP contribution in [-0.2, 0) is 6.18 Å². The smallest absolute Gasteiger partial charge is 0.381 e. The molecule has 6 heteroatoms. The van der Waals surface area contributed by atoms with E-state index in [-0.39, 0.29) is 17.6 Å². The Kier molecular flexibility index (Phi) is 4.19. The average molecular weight is 283 g/mol. The van der Waals surface area contributed by atoms with Crippen LogP contribution >= 0.6 is 0 Å². The molecule has 0 amide bonds. The van der Waals surface area contributed by atoms with E-state index in [1.165, 1.54) is 12.1 Å². The molecule has 3 N–H and O–H groups in total. The molecule has 2 unspecified atom stereocenters. The first-order valence-electron chi connectivity index (χ1n) is 6.55. The maximum Gasteiger partial charge on any atom is 0.417 e. The van der Waals surface area contributed by atoms with Gasteiger partial charge in [0.2, 0.25) is 0 Å². The normalized spacial score (nSPS) is 23.1. The van der Waals surface area contributed by atoms with Crippen LogP contribution in [0.4, 0.5) is 18.9 Å². The van der Waals surface area contributed by atoms with E-state index in [1.807, 2.05) is 0 Å². The van der Waals surface area contributed by atoms with Gasteiger partial charge in [0.05, 0.1) is 17.2 Å². The topological polar surface area (TPSA) is 61.8 Å². The first-order valence-corrected chi connectivity index (χ1v) is 6.55. The van der Waals surface area contributed by atoms with Gasteiger partial charge in [-0.05, 0) is 31.0 Å². The fourth-order valence-electron chi connectivity index (χ4n) is 2.53. The highest BCUT2D eigenvalue weighted by molar-refractivity contribution is 5.54. The predicted molar refractivity (Wildman–Crippen MR) is 70.0 cm³/mol. The Morgan fingerprint density at radius 2 is 1.95 bits per heavy atom. The summed E-state index contributed by atoms with van der Waals surface area (Å²) in [6, 6.07) is 5.18. The summed E-state index contributed by atoms with van der Waals surface area (Å²) in [6.07, 6.45) is -0.578. The number of nitrogens with two attached hydrogens (primary N) is 1. The lowest BCUT2D eigenvalue weighted by Gasteiger charge is -2.30. The molecule has 0 radical (unpaired) electrons. The van der Waals surface area contributed by atoms with Crippen LogP contribution in [0, 0.1) is 11.3 Å². The fraction of sp³-hybridized carbons (Fsp3) is 0.500. The van der Waals surface area contributed by atoms with Gasteiger partial charge in [-0.15, -0.1) is 0 Å². The van der Waals surface area contributed by atoms with Crippen molar-refractivity contribution in [2.24, 2.45) is 5.73 Å². The van der Waals surface area contributed by atoms with Crippen LogP contribution in [0.3, 0.4) is 0 Å². The minimum atomic E-state index is -4.51. The van der Waals surface area contributed by atoms with Crippen molar-refractivity contribution < 1.29 is 13.2 Å². The number of nitriles is 1. The van der Waals surface area contributed by atoms with Gasteiger partial charge in [-0.25, -0.2) is 0 Å². The van der Waals surface area contributed by atoms with Crippen LogP contribution < -0.4 is 11.1 Å². The van der Waals surface area contributed by atoms with Gasteiger partial charge >= 0.3 is 6.18 Å². The van der Waals surface area contributed by atoms with E-state index in [0.717, 1.165) is 31.7 Å². The summed E-state index contributed by atoms with van der Waals surface area (Å²) in [5.41, 5.74) is 5.23. The third-order valence-corrected chi connectivity index (χ3v) is 3.62. The molecule has 108 valence electrons. The summed E-state index contributed by atoms with van der Waals surface area (Å²) in [5.74, 6) is 0. The number of hydrogen-bond donors (Lipinski definition) is 2. The highest BCUT2D eigenvalue weighted by atomic mass is 19.4. The van der Waals surface area contributed by atoms with Crippen molar-refractivity contribution in [2.75, 3.05) is 5.32 Å². The van der Waals surface area contributed by atoms with E-state index in [4.69, 9.17) is 11.0 Å². The molecular formula is C14H16F3N3. The molecule has 1 saturated carbocycles. The number of halogens is 3. The molecule has 1 aromatic rings. The van der Waals surface area contributed by atoms with Gasteiger partial charge in [-0.3, -0.25) is 0 Å². The summed E-state index contributed by atoms with van der Waals surface area (Å²) in [7, 11) is 0. The average Bonchev–Trinajstić information content (AvgIpc) is 2.40. The van der Waals surface area contributed by atoms with E-state index < -0.39 is 11.7 Å². The second kappa shape index (κ2) is 5.71. The zero-order chi connectivity index (χ0) is 14.8. The molecule has 1 fully saturated rings. The Morgan fingerprint density at radius 1 is 1.25 bits per heavy atom. The molecule has 0 aromatic heterocycles. The van der Waals surface area contributed by atoms with E-state index in [1.54, 1.807) is 6.07 Å². The minimum Gasteiger partial charge on any atom is -0.381 e. The monoisotopic (exact) mass is 283 g/mol. The van der Waals surface area contributed by atoms with E-state index in [0.29, 0.717) is 5.69 Å². The number of alkyl halides is 3. The lowest BCUT2D eigenvalue weighted by Crippen LogP contribution is -2.42. The van der Waals surface area contributed by atoms with E-state index in [9.17, 15) is 13.2 Å². The summed E-state index contributed by atoms with van der Waals surface area (Å²) in [5, 5.41) is 12.0. The third-order valence-electron chi connectivity index (χ3n) is 3.62. The van der Waals surface area contributed by atoms with Crippen LogP contribution in [-0.4, -0.2) is 12.1 Å². The quantitative estimate of drug-likeness (QED) is 0.875. The molecule has 0 aliphatic heterocycles. The molecule has 0 bridgehead atoms. The second-order valence-electron chi connectivity index (χ2n) is 5.07. The van der Waals surface area contributed by atoms with Crippen molar-refractivity contribution in [2.45, 2.75) is 43.9 Å². The van der Waals surface area contributed by atoms with E-state index in [2.05, 4.69) is 5.32 Å². The Labute approximate surface area is 115 Å². The van der Waals surface area contributed by atoms with Crippen LogP contribution in [0.25, 0.3) is 0 Å². The predicted octanol–water partition coefficient (Wildman–Crippen LogP) is 3.26.